The number of carbonyl (C=O) groups excluding carboxylic acids is 1. The molecule has 0 fully saturated rings. The van der Waals surface area contributed by atoms with Crippen molar-refractivity contribution in [3.8, 4) is 0 Å². The molecule has 4 nitrogen and oxygen atoms in total. The van der Waals surface area contributed by atoms with Crippen molar-refractivity contribution in [3.05, 3.63) is 35.9 Å². The molecule has 0 amide bonds. The van der Waals surface area contributed by atoms with E-state index in [1.54, 1.807) is 0 Å². The van der Waals surface area contributed by atoms with Crippen molar-refractivity contribution in [1.82, 2.24) is 0 Å². The zero-order valence-electron chi connectivity index (χ0n) is 14.7. The van der Waals surface area contributed by atoms with Crippen LogP contribution in [0.3, 0.4) is 0 Å². The summed E-state index contributed by atoms with van der Waals surface area (Å²) in [7, 11) is 0. The maximum absolute atomic E-state index is 11.4. The van der Waals surface area contributed by atoms with Crippen molar-refractivity contribution in [2.45, 2.75) is 58.7 Å². The first kappa shape index (κ1) is 19.7. The van der Waals surface area contributed by atoms with Crippen LogP contribution in [-0.2, 0) is 25.6 Å². The second kappa shape index (κ2) is 11.2. The van der Waals surface area contributed by atoms with E-state index in [4.69, 9.17) is 14.2 Å². The Kier molecular flexibility index (Phi) is 9.57. The van der Waals surface area contributed by atoms with Crippen molar-refractivity contribution < 1.29 is 19.0 Å². The van der Waals surface area contributed by atoms with Crippen molar-refractivity contribution in [2.75, 3.05) is 19.8 Å². The van der Waals surface area contributed by atoms with Crippen LogP contribution in [0.5, 0.6) is 0 Å². The lowest BCUT2D eigenvalue weighted by Crippen LogP contribution is -2.26. The fourth-order valence-corrected chi connectivity index (χ4v) is 2.05. The Balaban J connectivity index is 1.86. The molecule has 0 atom stereocenters. The Morgan fingerprint density at radius 3 is 2.13 bits per heavy atom. The zero-order valence-corrected chi connectivity index (χ0v) is 14.7. The molecule has 1 rings (SSSR count). The van der Waals surface area contributed by atoms with Crippen LogP contribution in [0.4, 0.5) is 0 Å². The van der Waals surface area contributed by atoms with E-state index >= 15 is 0 Å². The SMILES string of the molecule is CC(C)(C)OC(=O)COCCCCCCOCc1ccccc1. The highest BCUT2D eigenvalue weighted by molar-refractivity contribution is 5.71. The number of hydrogen-bond donors (Lipinski definition) is 0. The molecule has 23 heavy (non-hydrogen) atoms. The molecule has 130 valence electrons. The summed E-state index contributed by atoms with van der Waals surface area (Å²) >= 11 is 0. The van der Waals surface area contributed by atoms with Gasteiger partial charge in [0.15, 0.2) is 0 Å². The standard InChI is InChI=1S/C19H30O4/c1-19(2,3)23-18(20)16-22-14-10-5-4-9-13-21-15-17-11-7-6-8-12-17/h6-8,11-12H,4-5,9-10,13-16H2,1-3H3. The van der Waals surface area contributed by atoms with Crippen molar-refractivity contribution in [2.24, 2.45) is 0 Å². The van der Waals surface area contributed by atoms with E-state index in [2.05, 4.69) is 12.1 Å². The van der Waals surface area contributed by atoms with Crippen molar-refractivity contribution in [1.29, 1.82) is 0 Å². The molecule has 0 saturated heterocycles. The topological polar surface area (TPSA) is 44.8 Å². The van der Waals surface area contributed by atoms with Crippen LogP contribution in [0.25, 0.3) is 0 Å². The van der Waals surface area contributed by atoms with E-state index in [1.165, 1.54) is 5.56 Å². The third-order valence-electron chi connectivity index (χ3n) is 3.08. The highest BCUT2D eigenvalue weighted by Crippen LogP contribution is 2.07. The summed E-state index contributed by atoms with van der Waals surface area (Å²) in [5.74, 6) is -0.299. The highest BCUT2D eigenvalue weighted by Gasteiger charge is 2.15. The molecule has 0 heterocycles. The summed E-state index contributed by atoms with van der Waals surface area (Å²) < 4.78 is 16.1. The summed E-state index contributed by atoms with van der Waals surface area (Å²) in [6.07, 6.45) is 4.22. The van der Waals surface area contributed by atoms with Gasteiger partial charge in [-0.15, -0.1) is 0 Å². The molecule has 0 aliphatic rings. The zero-order chi connectivity index (χ0) is 17.0. The minimum atomic E-state index is -0.444. The van der Waals surface area contributed by atoms with Gasteiger partial charge < -0.3 is 14.2 Å². The van der Waals surface area contributed by atoms with E-state index < -0.39 is 5.60 Å². The van der Waals surface area contributed by atoms with E-state index in [-0.39, 0.29) is 12.6 Å². The van der Waals surface area contributed by atoms with Crippen LogP contribution in [-0.4, -0.2) is 31.4 Å². The summed E-state index contributed by atoms with van der Waals surface area (Å²) in [4.78, 5) is 11.4. The van der Waals surface area contributed by atoms with Crippen LogP contribution in [0.15, 0.2) is 30.3 Å². The van der Waals surface area contributed by atoms with Gasteiger partial charge in [0.2, 0.25) is 0 Å². The van der Waals surface area contributed by atoms with Crippen LogP contribution in [0.1, 0.15) is 52.0 Å². The highest BCUT2D eigenvalue weighted by atomic mass is 16.6. The van der Waals surface area contributed by atoms with Crippen molar-refractivity contribution in [3.63, 3.8) is 0 Å². The number of ether oxygens (including phenoxy) is 3. The Morgan fingerprint density at radius 1 is 0.913 bits per heavy atom. The average Bonchev–Trinajstić information content (AvgIpc) is 2.48. The molecule has 0 aliphatic carbocycles. The number of benzene rings is 1. The molecular weight excluding hydrogens is 292 g/mol. The van der Waals surface area contributed by atoms with Crippen LogP contribution < -0.4 is 0 Å². The second-order valence-corrected chi connectivity index (χ2v) is 6.59. The predicted octanol–water partition coefficient (Wildman–Crippen LogP) is 4.12. The largest absolute Gasteiger partial charge is 0.458 e. The van der Waals surface area contributed by atoms with Gasteiger partial charge in [0.05, 0.1) is 6.61 Å². The van der Waals surface area contributed by atoms with Crippen LogP contribution >= 0.6 is 0 Å². The fraction of sp³-hybridized carbons (Fsp3) is 0.632. The molecule has 0 saturated carbocycles. The van der Waals surface area contributed by atoms with Gasteiger partial charge in [0.1, 0.15) is 12.2 Å². The second-order valence-electron chi connectivity index (χ2n) is 6.59. The van der Waals surface area contributed by atoms with E-state index in [0.717, 1.165) is 32.3 Å². The minimum absolute atomic E-state index is 0.0391. The average molecular weight is 322 g/mol. The summed E-state index contributed by atoms with van der Waals surface area (Å²) in [5.41, 5.74) is 0.767. The Hall–Kier alpha value is -1.39. The molecule has 0 aromatic heterocycles. The molecule has 1 aromatic carbocycles. The number of unbranched alkanes of at least 4 members (excludes halogenated alkanes) is 3. The molecule has 0 bridgehead atoms. The van der Waals surface area contributed by atoms with Gasteiger partial charge in [0, 0.05) is 13.2 Å². The predicted molar refractivity (Wildman–Crippen MR) is 91.2 cm³/mol. The molecule has 1 aromatic rings. The molecule has 0 aliphatic heterocycles. The maximum atomic E-state index is 11.4. The first-order valence-electron chi connectivity index (χ1n) is 8.38. The lowest BCUT2D eigenvalue weighted by atomic mass is 10.2. The quantitative estimate of drug-likeness (QED) is 0.454. The Morgan fingerprint density at radius 2 is 1.52 bits per heavy atom. The first-order valence-corrected chi connectivity index (χ1v) is 8.38. The summed E-state index contributed by atoms with van der Waals surface area (Å²) in [6.45, 7) is 7.66. The minimum Gasteiger partial charge on any atom is -0.458 e. The number of esters is 1. The molecule has 4 heteroatoms. The number of rotatable bonds is 11. The normalized spacial score (nSPS) is 11.4. The first-order chi connectivity index (χ1) is 11.0. The molecular formula is C19H30O4. The van der Waals surface area contributed by atoms with Gasteiger partial charge in [-0.25, -0.2) is 4.79 Å². The lowest BCUT2D eigenvalue weighted by molar-refractivity contribution is -0.160. The fourth-order valence-electron chi connectivity index (χ4n) is 2.05. The van der Waals surface area contributed by atoms with Gasteiger partial charge in [-0.3, -0.25) is 0 Å². The maximum Gasteiger partial charge on any atom is 0.332 e. The van der Waals surface area contributed by atoms with Gasteiger partial charge >= 0.3 is 5.97 Å². The van der Waals surface area contributed by atoms with Gasteiger partial charge in [-0.1, -0.05) is 43.2 Å². The number of carbonyl (C=O) groups is 1. The Bertz CT molecular complexity index is 423. The van der Waals surface area contributed by atoms with Gasteiger partial charge in [-0.2, -0.15) is 0 Å². The lowest BCUT2D eigenvalue weighted by Gasteiger charge is -2.19. The van der Waals surface area contributed by atoms with E-state index in [0.29, 0.717) is 13.2 Å². The smallest absolute Gasteiger partial charge is 0.332 e. The third kappa shape index (κ3) is 11.8. The summed E-state index contributed by atoms with van der Waals surface area (Å²) in [5, 5.41) is 0. The molecule has 0 unspecified atom stereocenters. The molecule has 0 N–H and O–H groups in total. The number of hydrogen-bond acceptors (Lipinski definition) is 4. The van der Waals surface area contributed by atoms with Crippen LogP contribution in [0, 0.1) is 0 Å². The van der Waals surface area contributed by atoms with E-state index in [9.17, 15) is 4.79 Å². The monoisotopic (exact) mass is 322 g/mol. The van der Waals surface area contributed by atoms with E-state index in [1.807, 2.05) is 39.0 Å². The van der Waals surface area contributed by atoms with Gasteiger partial charge in [0.25, 0.3) is 0 Å². The van der Waals surface area contributed by atoms with Crippen LogP contribution in [0.2, 0.25) is 0 Å². The molecule has 0 radical (unpaired) electrons. The van der Waals surface area contributed by atoms with Crippen molar-refractivity contribution >= 4 is 5.97 Å². The summed E-state index contributed by atoms with van der Waals surface area (Å²) in [6, 6.07) is 10.2. The van der Waals surface area contributed by atoms with Gasteiger partial charge in [-0.05, 0) is 39.2 Å². The third-order valence-corrected chi connectivity index (χ3v) is 3.08. The Labute approximate surface area is 140 Å². The molecule has 0 spiro atoms.